The summed E-state index contributed by atoms with van der Waals surface area (Å²) in [6.45, 7) is 5.43. The Bertz CT molecular complexity index is 851. The number of carbonyl (C=O) groups excluding carboxylic acids is 1. The van der Waals surface area contributed by atoms with Crippen LogP contribution in [0.2, 0.25) is 0 Å². The van der Waals surface area contributed by atoms with Gasteiger partial charge in [0.15, 0.2) is 11.5 Å². The van der Waals surface area contributed by atoms with Gasteiger partial charge in [0, 0.05) is 18.0 Å². The number of carbonyl (C=O) groups is 1. The molecule has 23 heavy (non-hydrogen) atoms. The lowest BCUT2D eigenvalue weighted by molar-refractivity contribution is 0.0636. The molecule has 3 aromatic heterocycles. The van der Waals surface area contributed by atoms with Gasteiger partial charge in [-0.3, -0.25) is 14.7 Å². The number of hydrogen-bond donors (Lipinski definition) is 1. The topological polar surface area (TPSA) is 81.4 Å². The molecule has 3 aromatic rings. The highest BCUT2D eigenvalue weighted by Gasteiger charge is 2.17. The summed E-state index contributed by atoms with van der Waals surface area (Å²) in [7, 11) is 0. The van der Waals surface area contributed by atoms with Crippen LogP contribution in [0.5, 0.6) is 0 Å². The highest BCUT2D eigenvalue weighted by Crippen LogP contribution is 2.21. The van der Waals surface area contributed by atoms with Crippen LogP contribution >= 0.6 is 0 Å². The number of rotatable bonds is 2. The second-order valence-corrected chi connectivity index (χ2v) is 6.04. The lowest BCUT2D eigenvalue weighted by Gasteiger charge is -2.19. The zero-order chi connectivity index (χ0) is 16.4. The molecule has 118 valence electrons. The van der Waals surface area contributed by atoms with Gasteiger partial charge in [-0.25, -0.2) is 4.79 Å². The number of ether oxygens (including phenoxy) is 1. The average molecular weight is 311 g/mol. The highest BCUT2D eigenvalue weighted by molar-refractivity contribution is 5.85. The standard InChI is InChI=1S/C16H17N5O2/c1-16(2,3)23-15(22)18-12-8-11(9-17-10-12)14-20-19-13-6-4-5-7-21(13)14/h4-10H,1-3H3,(H,18,22). The maximum absolute atomic E-state index is 11.8. The van der Waals surface area contributed by atoms with E-state index < -0.39 is 11.7 Å². The molecule has 0 aromatic carbocycles. The minimum atomic E-state index is -0.557. The predicted molar refractivity (Wildman–Crippen MR) is 86.1 cm³/mol. The molecule has 0 bridgehead atoms. The van der Waals surface area contributed by atoms with E-state index in [4.69, 9.17) is 4.74 Å². The third kappa shape index (κ3) is 3.45. The van der Waals surface area contributed by atoms with E-state index >= 15 is 0 Å². The summed E-state index contributed by atoms with van der Waals surface area (Å²) < 4.78 is 7.09. The Morgan fingerprint density at radius 1 is 1.22 bits per heavy atom. The first-order valence-electron chi connectivity index (χ1n) is 7.17. The lowest BCUT2D eigenvalue weighted by atomic mass is 10.2. The maximum atomic E-state index is 11.8. The number of amides is 1. The number of fused-ring (bicyclic) bond motifs is 1. The van der Waals surface area contributed by atoms with Crippen molar-refractivity contribution in [2.24, 2.45) is 0 Å². The Balaban J connectivity index is 1.87. The first-order chi connectivity index (χ1) is 10.9. The normalized spacial score (nSPS) is 11.4. The minimum Gasteiger partial charge on any atom is -0.444 e. The van der Waals surface area contributed by atoms with Crippen molar-refractivity contribution in [2.75, 3.05) is 5.32 Å². The number of aromatic nitrogens is 4. The van der Waals surface area contributed by atoms with Crippen LogP contribution in [0.1, 0.15) is 20.8 Å². The Labute approximate surface area is 133 Å². The van der Waals surface area contributed by atoms with Crippen LogP contribution in [0.3, 0.4) is 0 Å². The van der Waals surface area contributed by atoms with Crippen LogP contribution in [0, 0.1) is 0 Å². The van der Waals surface area contributed by atoms with E-state index in [9.17, 15) is 4.79 Å². The van der Waals surface area contributed by atoms with Crippen molar-refractivity contribution in [3.8, 4) is 11.4 Å². The molecule has 3 rings (SSSR count). The zero-order valence-corrected chi connectivity index (χ0v) is 13.1. The molecule has 0 aliphatic carbocycles. The van der Waals surface area contributed by atoms with E-state index in [1.54, 1.807) is 18.5 Å². The van der Waals surface area contributed by atoms with Crippen molar-refractivity contribution in [1.29, 1.82) is 0 Å². The number of nitrogens with one attached hydrogen (secondary N) is 1. The lowest BCUT2D eigenvalue weighted by Crippen LogP contribution is -2.27. The summed E-state index contributed by atoms with van der Waals surface area (Å²) in [5.74, 6) is 0.654. The molecular weight excluding hydrogens is 294 g/mol. The molecule has 0 fully saturated rings. The van der Waals surface area contributed by atoms with Crippen LogP contribution in [-0.4, -0.2) is 31.3 Å². The summed E-state index contributed by atoms with van der Waals surface area (Å²) in [5, 5.41) is 10.9. The number of anilines is 1. The Hall–Kier alpha value is -2.96. The van der Waals surface area contributed by atoms with Gasteiger partial charge in [0.1, 0.15) is 5.60 Å². The van der Waals surface area contributed by atoms with Gasteiger partial charge in [-0.1, -0.05) is 6.07 Å². The van der Waals surface area contributed by atoms with Crippen LogP contribution in [0.4, 0.5) is 10.5 Å². The van der Waals surface area contributed by atoms with Crippen LogP contribution in [0.15, 0.2) is 42.9 Å². The van der Waals surface area contributed by atoms with Gasteiger partial charge in [-0.05, 0) is 39.0 Å². The van der Waals surface area contributed by atoms with Gasteiger partial charge < -0.3 is 4.74 Å². The molecule has 0 aliphatic rings. The fraction of sp³-hybridized carbons (Fsp3) is 0.250. The first kappa shape index (κ1) is 15.0. The predicted octanol–water partition coefficient (Wildman–Crippen LogP) is 3.14. The van der Waals surface area contributed by atoms with Crippen LogP contribution < -0.4 is 5.32 Å². The summed E-state index contributed by atoms with van der Waals surface area (Å²) in [6.07, 6.45) is 4.57. The molecule has 7 nitrogen and oxygen atoms in total. The van der Waals surface area contributed by atoms with Crippen molar-refractivity contribution in [3.63, 3.8) is 0 Å². The molecule has 1 amide bonds. The van der Waals surface area contributed by atoms with E-state index in [1.165, 1.54) is 0 Å². The molecule has 0 radical (unpaired) electrons. The Morgan fingerprint density at radius 3 is 2.83 bits per heavy atom. The fourth-order valence-corrected chi connectivity index (χ4v) is 2.09. The van der Waals surface area contributed by atoms with Crippen molar-refractivity contribution in [1.82, 2.24) is 19.6 Å². The average Bonchev–Trinajstić information content (AvgIpc) is 2.89. The van der Waals surface area contributed by atoms with Gasteiger partial charge >= 0.3 is 6.09 Å². The third-order valence-corrected chi connectivity index (χ3v) is 2.96. The second kappa shape index (κ2) is 5.68. The molecule has 7 heteroatoms. The van der Waals surface area contributed by atoms with Crippen LogP contribution in [-0.2, 0) is 4.74 Å². The third-order valence-electron chi connectivity index (χ3n) is 2.96. The molecule has 0 aliphatic heterocycles. The van der Waals surface area contributed by atoms with Gasteiger partial charge in [0.2, 0.25) is 0 Å². The van der Waals surface area contributed by atoms with Gasteiger partial charge in [0.25, 0.3) is 0 Å². The van der Waals surface area contributed by atoms with Crippen molar-refractivity contribution in [2.45, 2.75) is 26.4 Å². The van der Waals surface area contributed by atoms with Crippen molar-refractivity contribution >= 4 is 17.4 Å². The molecule has 0 unspecified atom stereocenters. The van der Waals surface area contributed by atoms with Gasteiger partial charge in [-0.2, -0.15) is 0 Å². The SMILES string of the molecule is CC(C)(C)OC(=O)Nc1cncc(-c2nnc3ccccn23)c1. The molecule has 0 atom stereocenters. The molecule has 1 N–H and O–H groups in total. The number of nitrogens with zero attached hydrogens (tertiary/aromatic N) is 4. The zero-order valence-electron chi connectivity index (χ0n) is 13.1. The van der Waals surface area contributed by atoms with Crippen LogP contribution in [0.25, 0.3) is 17.0 Å². The second-order valence-electron chi connectivity index (χ2n) is 6.04. The van der Waals surface area contributed by atoms with Gasteiger partial charge in [-0.15, -0.1) is 10.2 Å². The summed E-state index contributed by atoms with van der Waals surface area (Å²) in [4.78, 5) is 16.0. The molecule has 3 heterocycles. The quantitative estimate of drug-likeness (QED) is 0.786. The van der Waals surface area contributed by atoms with Crippen molar-refractivity contribution in [3.05, 3.63) is 42.9 Å². The molecular formula is C16H17N5O2. The summed E-state index contributed by atoms with van der Waals surface area (Å²) in [5.41, 5.74) is 1.47. The Morgan fingerprint density at radius 2 is 2.04 bits per heavy atom. The Kier molecular flexibility index (Phi) is 3.69. The highest BCUT2D eigenvalue weighted by atomic mass is 16.6. The molecule has 0 saturated carbocycles. The van der Waals surface area contributed by atoms with Crippen molar-refractivity contribution < 1.29 is 9.53 Å². The summed E-state index contributed by atoms with van der Waals surface area (Å²) in [6, 6.07) is 7.44. The molecule has 0 saturated heterocycles. The number of pyridine rings is 2. The van der Waals surface area contributed by atoms with E-state index in [-0.39, 0.29) is 0 Å². The summed E-state index contributed by atoms with van der Waals surface area (Å²) >= 11 is 0. The van der Waals surface area contributed by atoms with E-state index in [2.05, 4.69) is 20.5 Å². The molecule has 0 spiro atoms. The smallest absolute Gasteiger partial charge is 0.412 e. The maximum Gasteiger partial charge on any atom is 0.412 e. The van der Waals surface area contributed by atoms with E-state index in [0.29, 0.717) is 11.5 Å². The van der Waals surface area contributed by atoms with E-state index in [1.807, 2.05) is 49.6 Å². The van der Waals surface area contributed by atoms with E-state index in [0.717, 1.165) is 11.2 Å². The number of hydrogen-bond acceptors (Lipinski definition) is 5. The minimum absolute atomic E-state index is 0.525. The monoisotopic (exact) mass is 311 g/mol. The largest absolute Gasteiger partial charge is 0.444 e. The first-order valence-corrected chi connectivity index (χ1v) is 7.17. The van der Waals surface area contributed by atoms with Gasteiger partial charge in [0.05, 0.1) is 11.9 Å². The fourth-order valence-electron chi connectivity index (χ4n) is 2.09.